The van der Waals surface area contributed by atoms with Gasteiger partial charge < -0.3 is 16.0 Å². The fourth-order valence-corrected chi connectivity index (χ4v) is 2.39. The second-order valence-electron chi connectivity index (χ2n) is 5.73. The lowest BCUT2D eigenvalue weighted by Crippen LogP contribution is -2.19. The average Bonchev–Trinajstić information content (AvgIpc) is 2.64. The molecule has 3 aromatic carbocycles. The van der Waals surface area contributed by atoms with Crippen molar-refractivity contribution in [3.63, 3.8) is 0 Å². The van der Waals surface area contributed by atoms with Crippen LogP contribution in [0, 0.1) is 0 Å². The third-order valence-electron chi connectivity index (χ3n) is 3.65. The molecule has 0 heterocycles. The second-order valence-corrected chi connectivity index (χ2v) is 5.73. The van der Waals surface area contributed by atoms with Crippen LogP contribution < -0.4 is 16.0 Å². The highest BCUT2D eigenvalue weighted by atomic mass is 19.4. The van der Waals surface area contributed by atoms with Crippen LogP contribution in [0.15, 0.2) is 78.9 Å². The van der Waals surface area contributed by atoms with E-state index in [4.69, 9.17) is 0 Å². The van der Waals surface area contributed by atoms with Gasteiger partial charge in [0.1, 0.15) is 0 Å². The zero-order chi connectivity index (χ0) is 19.3. The molecule has 0 saturated carbocycles. The lowest BCUT2D eigenvalue weighted by Gasteiger charge is -2.11. The van der Waals surface area contributed by atoms with E-state index >= 15 is 0 Å². The molecular formula is C20H16F3N3O. The topological polar surface area (TPSA) is 53.2 Å². The quantitative estimate of drug-likeness (QED) is 0.520. The highest BCUT2D eigenvalue weighted by molar-refractivity contribution is 5.99. The molecule has 4 nitrogen and oxygen atoms in total. The number of urea groups is 1. The SMILES string of the molecule is O=C(Nc1ccc(Nc2ccccc2)cc1)Nc1cccc(C(F)(F)F)c1. The van der Waals surface area contributed by atoms with Crippen molar-refractivity contribution in [2.24, 2.45) is 0 Å². The van der Waals surface area contributed by atoms with Gasteiger partial charge in [-0.3, -0.25) is 0 Å². The summed E-state index contributed by atoms with van der Waals surface area (Å²) in [5.74, 6) is 0. The third kappa shape index (κ3) is 5.24. The maximum absolute atomic E-state index is 12.7. The van der Waals surface area contributed by atoms with E-state index < -0.39 is 17.8 Å². The Morgan fingerprint density at radius 1 is 0.667 bits per heavy atom. The Kier molecular flexibility index (Phi) is 5.30. The summed E-state index contributed by atoms with van der Waals surface area (Å²) in [6, 6.07) is 20.4. The number of hydrogen-bond acceptors (Lipinski definition) is 2. The van der Waals surface area contributed by atoms with Gasteiger partial charge in [0.25, 0.3) is 0 Å². The second kappa shape index (κ2) is 7.82. The first-order chi connectivity index (χ1) is 12.9. The van der Waals surface area contributed by atoms with Crippen molar-refractivity contribution >= 4 is 28.8 Å². The van der Waals surface area contributed by atoms with Crippen molar-refractivity contribution in [3.8, 4) is 0 Å². The molecule has 0 bridgehead atoms. The largest absolute Gasteiger partial charge is 0.416 e. The predicted octanol–water partition coefficient (Wildman–Crippen LogP) is 6.09. The molecule has 7 heteroatoms. The molecule has 0 radical (unpaired) electrons. The Morgan fingerprint density at radius 2 is 1.22 bits per heavy atom. The maximum Gasteiger partial charge on any atom is 0.416 e. The number of carbonyl (C=O) groups excluding carboxylic acids is 1. The van der Waals surface area contributed by atoms with Gasteiger partial charge in [0, 0.05) is 22.7 Å². The molecule has 0 unspecified atom stereocenters. The van der Waals surface area contributed by atoms with Crippen molar-refractivity contribution < 1.29 is 18.0 Å². The fraction of sp³-hybridized carbons (Fsp3) is 0.0500. The van der Waals surface area contributed by atoms with Gasteiger partial charge >= 0.3 is 12.2 Å². The number of hydrogen-bond donors (Lipinski definition) is 3. The van der Waals surface area contributed by atoms with Gasteiger partial charge in [0.05, 0.1) is 5.56 Å². The Labute approximate surface area is 154 Å². The summed E-state index contributed by atoms with van der Waals surface area (Å²) >= 11 is 0. The number of para-hydroxylation sites is 1. The number of carbonyl (C=O) groups is 1. The maximum atomic E-state index is 12.7. The van der Waals surface area contributed by atoms with E-state index in [1.54, 1.807) is 24.3 Å². The molecule has 3 aromatic rings. The zero-order valence-electron chi connectivity index (χ0n) is 14.0. The minimum Gasteiger partial charge on any atom is -0.356 e. The summed E-state index contributed by atoms with van der Waals surface area (Å²) in [7, 11) is 0. The normalized spacial score (nSPS) is 10.9. The molecule has 27 heavy (non-hydrogen) atoms. The van der Waals surface area contributed by atoms with Crippen molar-refractivity contribution in [2.45, 2.75) is 6.18 Å². The number of amides is 2. The summed E-state index contributed by atoms with van der Waals surface area (Å²) in [5, 5.41) is 8.18. The molecular weight excluding hydrogens is 355 g/mol. The summed E-state index contributed by atoms with van der Waals surface area (Å²) in [4.78, 5) is 12.0. The van der Waals surface area contributed by atoms with Crippen LogP contribution in [0.1, 0.15) is 5.56 Å². The van der Waals surface area contributed by atoms with Crippen LogP contribution in [-0.4, -0.2) is 6.03 Å². The number of halogens is 3. The van der Waals surface area contributed by atoms with Gasteiger partial charge in [0.15, 0.2) is 0 Å². The number of rotatable bonds is 4. The molecule has 0 fully saturated rings. The molecule has 0 aliphatic carbocycles. The van der Waals surface area contributed by atoms with Gasteiger partial charge in [-0.25, -0.2) is 4.79 Å². The summed E-state index contributed by atoms with van der Waals surface area (Å²) in [5.41, 5.74) is 1.52. The van der Waals surface area contributed by atoms with Crippen LogP contribution in [-0.2, 0) is 6.18 Å². The number of benzene rings is 3. The highest BCUT2D eigenvalue weighted by Gasteiger charge is 2.30. The van der Waals surface area contributed by atoms with E-state index in [0.717, 1.165) is 23.5 Å². The van der Waals surface area contributed by atoms with Crippen LogP contribution in [0.4, 0.5) is 40.7 Å². The lowest BCUT2D eigenvalue weighted by atomic mass is 10.2. The van der Waals surface area contributed by atoms with E-state index in [1.165, 1.54) is 12.1 Å². The number of nitrogens with one attached hydrogen (secondary N) is 3. The van der Waals surface area contributed by atoms with E-state index in [9.17, 15) is 18.0 Å². The first kappa shape index (κ1) is 18.3. The lowest BCUT2D eigenvalue weighted by molar-refractivity contribution is -0.137. The standard InChI is InChI=1S/C20H16F3N3O/c21-20(22,23)14-5-4-8-18(13-14)26-19(27)25-17-11-9-16(10-12-17)24-15-6-2-1-3-7-15/h1-13,24H,(H2,25,26,27). The Morgan fingerprint density at radius 3 is 1.89 bits per heavy atom. The van der Waals surface area contributed by atoms with E-state index in [0.29, 0.717) is 5.69 Å². The van der Waals surface area contributed by atoms with Gasteiger partial charge in [-0.05, 0) is 54.6 Å². The summed E-state index contributed by atoms with van der Waals surface area (Å²) in [6.45, 7) is 0. The van der Waals surface area contributed by atoms with Gasteiger partial charge in [-0.2, -0.15) is 13.2 Å². The molecule has 0 aliphatic rings. The van der Waals surface area contributed by atoms with Crippen LogP contribution in [0.25, 0.3) is 0 Å². The predicted molar refractivity (Wildman–Crippen MR) is 100 cm³/mol. The molecule has 3 N–H and O–H groups in total. The van der Waals surface area contributed by atoms with E-state index in [2.05, 4.69) is 16.0 Å². The van der Waals surface area contributed by atoms with Gasteiger partial charge in [0.2, 0.25) is 0 Å². The van der Waals surface area contributed by atoms with Gasteiger partial charge in [-0.15, -0.1) is 0 Å². The third-order valence-corrected chi connectivity index (χ3v) is 3.65. The Balaban J connectivity index is 1.60. The zero-order valence-corrected chi connectivity index (χ0v) is 14.0. The van der Waals surface area contributed by atoms with Crippen LogP contribution in [0.5, 0.6) is 0 Å². The molecule has 0 aliphatic heterocycles. The van der Waals surface area contributed by atoms with Crippen LogP contribution in [0.3, 0.4) is 0 Å². The molecule has 0 saturated heterocycles. The first-order valence-electron chi connectivity index (χ1n) is 8.07. The Bertz CT molecular complexity index is 910. The minimum absolute atomic E-state index is 0.0599. The van der Waals surface area contributed by atoms with Gasteiger partial charge in [-0.1, -0.05) is 24.3 Å². The van der Waals surface area contributed by atoms with Crippen molar-refractivity contribution in [3.05, 3.63) is 84.4 Å². The van der Waals surface area contributed by atoms with Crippen LogP contribution in [0.2, 0.25) is 0 Å². The van der Waals surface area contributed by atoms with Crippen molar-refractivity contribution in [1.29, 1.82) is 0 Å². The first-order valence-corrected chi connectivity index (χ1v) is 8.07. The molecule has 2 amide bonds. The summed E-state index contributed by atoms with van der Waals surface area (Å²) in [6.07, 6.45) is -4.46. The number of alkyl halides is 3. The highest BCUT2D eigenvalue weighted by Crippen LogP contribution is 2.30. The van der Waals surface area contributed by atoms with E-state index in [-0.39, 0.29) is 5.69 Å². The molecule has 0 atom stereocenters. The molecule has 3 rings (SSSR count). The molecule has 0 aromatic heterocycles. The minimum atomic E-state index is -4.46. The smallest absolute Gasteiger partial charge is 0.356 e. The van der Waals surface area contributed by atoms with Crippen molar-refractivity contribution in [2.75, 3.05) is 16.0 Å². The van der Waals surface area contributed by atoms with E-state index in [1.807, 2.05) is 30.3 Å². The van der Waals surface area contributed by atoms with Crippen molar-refractivity contribution in [1.82, 2.24) is 0 Å². The van der Waals surface area contributed by atoms with Crippen LogP contribution >= 0.6 is 0 Å². The molecule has 0 spiro atoms. The monoisotopic (exact) mass is 371 g/mol. The number of anilines is 4. The summed E-state index contributed by atoms with van der Waals surface area (Å²) < 4.78 is 38.1. The average molecular weight is 371 g/mol. The fourth-order valence-electron chi connectivity index (χ4n) is 2.39. The Hall–Kier alpha value is -3.48. The molecule has 138 valence electrons.